The second kappa shape index (κ2) is 10.3. The number of benzene rings is 4. The van der Waals surface area contributed by atoms with Crippen LogP contribution in [-0.2, 0) is 30.4 Å². The SMILES string of the molecule is Nc1cc(S(=O)(=O)O)c2cc([N+](=O)[O-])cc(S(=O)(=O)O)c2c1.Nc1ccc2cc([N+](=O)[O-])cc(S(=O)(=O)O)c2c1. The maximum atomic E-state index is 11.4. The number of fused-ring (bicyclic) bond motifs is 2. The number of hydrogen-bond donors (Lipinski definition) is 5. The summed E-state index contributed by atoms with van der Waals surface area (Å²) >= 11 is 0. The molecule has 0 saturated carbocycles. The molecule has 0 aliphatic heterocycles. The molecule has 0 amide bonds. The van der Waals surface area contributed by atoms with Gasteiger partial charge in [-0.05, 0) is 29.7 Å². The molecule has 7 N–H and O–H groups in total. The zero-order valence-corrected chi connectivity index (χ0v) is 21.8. The van der Waals surface area contributed by atoms with Crippen LogP contribution in [0.25, 0.3) is 21.5 Å². The van der Waals surface area contributed by atoms with Crippen LogP contribution in [0, 0.1) is 20.2 Å². The Morgan fingerprint density at radius 3 is 1.43 bits per heavy atom. The van der Waals surface area contributed by atoms with Crippen molar-refractivity contribution >= 4 is 74.6 Å². The van der Waals surface area contributed by atoms with Gasteiger partial charge in [0.15, 0.2) is 0 Å². The first-order valence-electron chi connectivity index (χ1n) is 10.1. The maximum Gasteiger partial charge on any atom is 0.295 e. The zero-order valence-electron chi connectivity index (χ0n) is 19.4. The van der Waals surface area contributed by atoms with Gasteiger partial charge in [0.1, 0.15) is 14.7 Å². The smallest absolute Gasteiger partial charge is 0.295 e. The van der Waals surface area contributed by atoms with Crippen molar-refractivity contribution in [2.75, 3.05) is 11.5 Å². The fraction of sp³-hybridized carbons (Fsp3) is 0. The van der Waals surface area contributed by atoms with Crippen LogP contribution in [0.15, 0.2) is 69.3 Å². The number of nitro groups is 2. The summed E-state index contributed by atoms with van der Waals surface area (Å²) in [6.07, 6.45) is 0. The number of hydrogen-bond acceptors (Lipinski definition) is 12. The minimum absolute atomic E-state index is 0.142. The summed E-state index contributed by atoms with van der Waals surface area (Å²) in [5.74, 6) is 0. The molecule has 0 radical (unpaired) electrons. The number of non-ortho nitro benzene ring substituents is 2. The zero-order chi connectivity index (χ0) is 30.4. The van der Waals surface area contributed by atoms with Crippen molar-refractivity contribution < 1.29 is 48.8 Å². The number of nitro benzene ring substituents is 2. The number of nitrogens with two attached hydrogens (primary N) is 2. The van der Waals surface area contributed by atoms with Gasteiger partial charge in [-0.1, -0.05) is 6.07 Å². The fourth-order valence-electron chi connectivity index (χ4n) is 3.58. The minimum atomic E-state index is -4.90. The van der Waals surface area contributed by atoms with Gasteiger partial charge in [-0.2, -0.15) is 25.3 Å². The summed E-state index contributed by atoms with van der Waals surface area (Å²) < 4.78 is 95.4. The predicted molar refractivity (Wildman–Crippen MR) is 139 cm³/mol. The largest absolute Gasteiger partial charge is 0.399 e. The molecule has 0 bridgehead atoms. The van der Waals surface area contributed by atoms with Crippen molar-refractivity contribution in [2.24, 2.45) is 0 Å². The van der Waals surface area contributed by atoms with Gasteiger partial charge >= 0.3 is 0 Å². The molecule has 0 unspecified atom stereocenters. The lowest BCUT2D eigenvalue weighted by Gasteiger charge is -2.09. The standard InChI is InChI=1S/C10H8N2O8S2.C10H8N2O5S/c11-5-1-7-8(9(2-5)21(15,16)17)3-6(12(13)14)4-10(7)22(18,19)20;11-7-2-1-6-3-8(12(13)14)5-10(9(6)4-7)18(15,16)17/h1-4H,11H2,(H,15,16,17)(H,18,19,20);1-5H,11H2,(H,15,16,17). The van der Waals surface area contributed by atoms with E-state index in [4.69, 9.17) is 20.6 Å². The maximum absolute atomic E-state index is 11.4. The van der Waals surface area contributed by atoms with Crippen LogP contribution in [0.2, 0.25) is 0 Å². The number of nitrogen functional groups attached to an aromatic ring is 2. The molecule has 4 aromatic carbocycles. The van der Waals surface area contributed by atoms with Crippen LogP contribution < -0.4 is 11.5 Å². The van der Waals surface area contributed by atoms with Gasteiger partial charge in [0.25, 0.3) is 41.7 Å². The number of nitrogens with zero attached hydrogens (tertiary/aromatic N) is 2. The first kappa shape index (κ1) is 30.1. The highest BCUT2D eigenvalue weighted by Gasteiger charge is 2.25. The Hall–Kier alpha value is -4.47. The summed E-state index contributed by atoms with van der Waals surface area (Å²) in [6, 6.07) is 9.43. The van der Waals surface area contributed by atoms with E-state index < -0.39 is 71.6 Å². The summed E-state index contributed by atoms with van der Waals surface area (Å²) in [5.41, 5.74) is 9.84. The van der Waals surface area contributed by atoms with Crippen molar-refractivity contribution in [2.45, 2.75) is 14.7 Å². The normalized spacial score (nSPS) is 12.1. The van der Waals surface area contributed by atoms with Crippen LogP contribution in [0.1, 0.15) is 0 Å². The van der Waals surface area contributed by atoms with Gasteiger partial charge in [-0.25, -0.2) is 0 Å². The molecule has 0 spiro atoms. The van der Waals surface area contributed by atoms with E-state index in [0.717, 1.165) is 24.3 Å². The Kier molecular flexibility index (Phi) is 7.71. The molecule has 40 heavy (non-hydrogen) atoms. The predicted octanol–water partition coefficient (Wildman–Crippen LogP) is 2.40. The van der Waals surface area contributed by atoms with Gasteiger partial charge in [0.05, 0.1) is 9.85 Å². The van der Waals surface area contributed by atoms with Gasteiger partial charge < -0.3 is 11.5 Å². The summed E-state index contributed by atoms with van der Waals surface area (Å²) in [7, 11) is -14.3. The quantitative estimate of drug-likeness (QED) is 0.0930. The van der Waals surface area contributed by atoms with Gasteiger partial charge in [0, 0.05) is 51.8 Å². The molecule has 4 rings (SSSR count). The molecule has 0 fully saturated rings. The van der Waals surface area contributed by atoms with Crippen molar-refractivity contribution in [1.82, 2.24) is 0 Å². The molecule has 0 heterocycles. The van der Waals surface area contributed by atoms with Crippen LogP contribution >= 0.6 is 0 Å². The van der Waals surface area contributed by atoms with E-state index in [0.29, 0.717) is 17.1 Å². The topological polar surface area (TPSA) is 301 Å². The molecule has 20 heteroatoms. The average Bonchev–Trinajstić information content (AvgIpc) is 2.80. The lowest BCUT2D eigenvalue weighted by atomic mass is 10.1. The lowest BCUT2D eigenvalue weighted by Crippen LogP contribution is -2.05. The summed E-state index contributed by atoms with van der Waals surface area (Å²) in [6.45, 7) is 0. The molecule has 4 aromatic rings. The Labute approximate surface area is 224 Å². The van der Waals surface area contributed by atoms with Crippen LogP contribution in [0.3, 0.4) is 0 Å². The van der Waals surface area contributed by atoms with Crippen LogP contribution in [0.5, 0.6) is 0 Å². The van der Waals surface area contributed by atoms with Crippen molar-refractivity contribution in [1.29, 1.82) is 0 Å². The number of anilines is 2. The van der Waals surface area contributed by atoms with Crippen LogP contribution in [-0.4, -0.2) is 48.8 Å². The molecule has 0 saturated heterocycles. The van der Waals surface area contributed by atoms with Crippen molar-refractivity contribution in [3.8, 4) is 0 Å². The second-order valence-corrected chi connectivity index (χ2v) is 12.1. The average molecular weight is 617 g/mol. The Morgan fingerprint density at radius 1 is 0.550 bits per heavy atom. The van der Waals surface area contributed by atoms with E-state index >= 15 is 0 Å². The highest BCUT2D eigenvalue weighted by atomic mass is 32.2. The third-order valence-corrected chi connectivity index (χ3v) is 7.86. The van der Waals surface area contributed by atoms with Crippen molar-refractivity contribution in [3.05, 3.63) is 74.8 Å². The van der Waals surface area contributed by atoms with E-state index in [-0.39, 0.29) is 16.5 Å². The van der Waals surface area contributed by atoms with Gasteiger partial charge in [0.2, 0.25) is 0 Å². The highest BCUT2D eigenvalue weighted by Crippen LogP contribution is 2.34. The highest BCUT2D eigenvalue weighted by molar-refractivity contribution is 7.86. The number of rotatable bonds is 5. The molecular formula is C20H16N4O13S3. The van der Waals surface area contributed by atoms with Crippen LogP contribution in [0.4, 0.5) is 22.7 Å². The van der Waals surface area contributed by atoms with Crippen molar-refractivity contribution in [3.63, 3.8) is 0 Å². The van der Waals surface area contributed by atoms with E-state index in [1.54, 1.807) is 0 Å². The monoisotopic (exact) mass is 616 g/mol. The minimum Gasteiger partial charge on any atom is -0.399 e. The second-order valence-electron chi connectivity index (χ2n) is 7.92. The Balaban J connectivity index is 0.000000225. The third kappa shape index (κ3) is 6.39. The van der Waals surface area contributed by atoms with Gasteiger partial charge in [-0.3, -0.25) is 33.9 Å². The Morgan fingerprint density at radius 2 is 0.950 bits per heavy atom. The third-order valence-electron chi connectivity index (χ3n) is 5.18. The van der Waals surface area contributed by atoms with E-state index in [1.807, 2.05) is 0 Å². The van der Waals surface area contributed by atoms with E-state index in [1.165, 1.54) is 24.3 Å². The molecule has 0 aliphatic rings. The lowest BCUT2D eigenvalue weighted by molar-refractivity contribution is -0.385. The molecular weight excluding hydrogens is 600 g/mol. The first-order valence-corrected chi connectivity index (χ1v) is 14.4. The molecule has 0 aliphatic carbocycles. The first-order chi connectivity index (χ1) is 18.2. The Bertz CT molecular complexity index is 2060. The van der Waals surface area contributed by atoms with E-state index in [2.05, 4.69) is 0 Å². The van der Waals surface area contributed by atoms with E-state index in [9.17, 15) is 50.0 Å². The molecule has 0 atom stereocenters. The van der Waals surface area contributed by atoms with Gasteiger partial charge in [-0.15, -0.1) is 0 Å². The summed E-state index contributed by atoms with van der Waals surface area (Å²) in [5, 5.41) is 21.2. The molecule has 0 aromatic heterocycles. The molecule has 212 valence electrons. The summed E-state index contributed by atoms with van der Waals surface area (Å²) in [4.78, 5) is 17.6. The fourth-order valence-corrected chi connectivity index (χ4v) is 5.75. The molecule has 17 nitrogen and oxygen atoms in total.